The van der Waals surface area contributed by atoms with Gasteiger partial charge in [0.25, 0.3) is 0 Å². The van der Waals surface area contributed by atoms with Crippen LogP contribution < -0.4 is 0 Å². The lowest BCUT2D eigenvalue weighted by Gasteiger charge is -2.11. The molecule has 0 unspecified atom stereocenters. The topological polar surface area (TPSA) is 113 Å². The van der Waals surface area contributed by atoms with E-state index in [0.29, 0.717) is 34.9 Å². The van der Waals surface area contributed by atoms with E-state index in [2.05, 4.69) is 422 Å². The van der Waals surface area contributed by atoms with E-state index in [4.69, 9.17) is 38.7 Å². The third kappa shape index (κ3) is 13.3. The van der Waals surface area contributed by atoms with Crippen LogP contribution in [0.4, 0.5) is 0 Å². The average Bonchev–Trinajstić information content (AvgIpc) is 1.57. The Hall–Kier alpha value is -16.8. The fourth-order valence-electron chi connectivity index (χ4n) is 17.6. The van der Waals surface area contributed by atoms with E-state index < -0.39 is 0 Å². The number of benzene rings is 18. The molecule has 18 aromatic carbocycles. The molecule has 10 nitrogen and oxygen atoms in total. The third-order valence-corrected chi connectivity index (χ3v) is 23.7. The van der Waals surface area contributed by atoms with Gasteiger partial charge in [-0.05, 0) is 128 Å². The molecule has 0 fully saturated rings. The standard InChI is InChI=1S/2C57H36N4O/c1-4-15-37(16-5-1)41-19-12-21-43(33-41)56-58-55(59-57(60-56)44-22-13-20-42(34-44)38-17-6-2-7-18-38)40-31-29-39(30-32-40)46-26-14-27-48-50-35-52-49(36-53(50)62-54(46)48)47-25-10-11-28-51(47)61(52)45-23-8-3-9-24-45;1-4-13-37(14-5-1)39-23-29-42(30-24-39)55-58-56(43-31-25-40(26-32-43)38-15-6-2-7-16-38)60-57(59-55)44-33-27-41(28-34-44)46-20-12-21-48-50-35-52-49(36-53(50)62-54(46)48)47-19-10-11-22-51(47)61(52)45-17-8-3-9-18-45/h2*1-36H. The van der Waals surface area contributed by atoms with E-state index in [-0.39, 0.29) is 0 Å². The molecule has 0 radical (unpaired) electrons. The Kier molecular flexibility index (Phi) is 18.0. The van der Waals surface area contributed by atoms with E-state index in [1.54, 1.807) is 0 Å². The number of rotatable bonds is 14. The summed E-state index contributed by atoms with van der Waals surface area (Å²) >= 11 is 0. The van der Waals surface area contributed by atoms with Crippen molar-refractivity contribution < 1.29 is 8.83 Å². The summed E-state index contributed by atoms with van der Waals surface area (Å²) in [7, 11) is 0. The van der Waals surface area contributed by atoms with Crippen LogP contribution in [0.15, 0.2) is 446 Å². The molecular weight excluding hydrogens is 1510 g/mol. The molecule has 0 aliphatic heterocycles. The highest BCUT2D eigenvalue weighted by Gasteiger charge is 2.24. The second-order valence-corrected chi connectivity index (χ2v) is 31.2. The van der Waals surface area contributed by atoms with E-state index >= 15 is 0 Å². The number of aromatic nitrogens is 8. The van der Waals surface area contributed by atoms with Crippen LogP contribution in [0.1, 0.15) is 0 Å². The lowest BCUT2D eigenvalue weighted by molar-refractivity contribution is 0.670. The van der Waals surface area contributed by atoms with Gasteiger partial charge in [0.1, 0.15) is 22.3 Å². The number of hydrogen-bond donors (Lipinski definition) is 0. The van der Waals surface area contributed by atoms with Gasteiger partial charge < -0.3 is 18.0 Å². The fourth-order valence-corrected chi connectivity index (χ4v) is 17.6. The summed E-state index contributed by atoms with van der Waals surface area (Å²) in [5.41, 5.74) is 29.1. The van der Waals surface area contributed by atoms with Gasteiger partial charge >= 0.3 is 0 Å². The molecule has 580 valence electrons. The number of fused-ring (bicyclic) bond motifs is 12. The highest BCUT2D eigenvalue weighted by Crippen LogP contribution is 2.45. The molecular formula is C114H72N8O2. The Morgan fingerprint density at radius 3 is 0.750 bits per heavy atom. The van der Waals surface area contributed by atoms with Crippen LogP contribution in [0.25, 0.3) is 234 Å². The van der Waals surface area contributed by atoms with E-state index in [1.165, 1.54) is 21.8 Å². The molecule has 24 rings (SSSR count). The molecule has 0 aliphatic carbocycles. The van der Waals surface area contributed by atoms with Crippen molar-refractivity contribution in [2.24, 2.45) is 0 Å². The van der Waals surface area contributed by atoms with Crippen molar-refractivity contribution in [3.63, 3.8) is 0 Å². The summed E-state index contributed by atoms with van der Waals surface area (Å²) in [5, 5.41) is 9.05. The van der Waals surface area contributed by atoms with Crippen molar-refractivity contribution in [1.82, 2.24) is 39.0 Å². The molecule has 0 spiro atoms. The first-order valence-electron chi connectivity index (χ1n) is 41.7. The Balaban J connectivity index is 0.000000143. The predicted octanol–water partition coefficient (Wildman–Crippen LogP) is 29.7. The minimum absolute atomic E-state index is 0.603. The highest BCUT2D eigenvalue weighted by molar-refractivity contribution is 6.20. The summed E-state index contributed by atoms with van der Waals surface area (Å²) in [5.74, 6) is 3.68. The van der Waals surface area contributed by atoms with E-state index in [1.807, 2.05) is 24.3 Å². The van der Waals surface area contributed by atoms with Crippen molar-refractivity contribution in [3.05, 3.63) is 437 Å². The maximum atomic E-state index is 6.80. The zero-order valence-electron chi connectivity index (χ0n) is 67.0. The van der Waals surface area contributed by atoms with Gasteiger partial charge in [0.05, 0.1) is 22.1 Å². The molecule has 10 heteroatoms. The largest absolute Gasteiger partial charge is 0.455 e. The SMILES string of the molecule is c1ccc(-c2ccc(-c3nc(-c4ccc(-c5ccccc5)cc4)nc(-c4ccc(-c5cccc6c5oc5cc7c8ccccc8n(-c8ccccc8)c7cc56)cc4)n3)cc2)cc1.c1ccc(-c2cccc(-c3nc(-c4ccc(-c5cccc6c5oc5cc7c8ccccc8n(-c8ccccc8)c7cc56)cc4)nc(-c4cccc(-c5ccccc5)c4)n3)c2)cc1. The smallest absolute Gasteiger partial charge is 0.164 e. The molecule has 6 heterocycles. The molecule has 0 aliphatic rings. The summed E-state index contributed by atoms with van der Waals surface area (Å²) in [6, 6.07) is 152. The average molecular weight is 1590 g/mol. The monoisotopic (exact) mass is 1580 g/mol. The van der Waals surface area contributed by atoms with Crippen LogP contribution in [-0.4, -0.2) is 39.0 Å². The van der Waals surface area contributed by atoms with Crippen LogP contribution >= 0.6 is 0 Å². The van der Waals surface area contributed by atoms with E-state index in [0.717, 1.165) is 177 Å². The Morgan fingerprint density at radius 1 is 0.153 bits per heavy atom. The van der Waals surface area contributed by atoms with E-state index in [9.17, 15) is 0 Å². The zero-order chi connectivity index (χ0) is 82.0. The van der Waals surface area contributed by atoms with Gasteiger partial charge in [0.2, 0.25) is 0 Å². The van der Waals surface area contributed by atoms with Gasteiger partial charge in [0.15, 0.2) is 34.9 Å². The Bertz CT molecular complexity index is 7950. The minimum atomic E-state index is 0.603. The van der Waals surface area contributed by atoms with Crippen LogP contribution in [0.3, 0.4) is 0 Å². The van der Waals surface area contributed by atoms with Gasteiger partial charge in [-0.15, -0.1) is 0 Å². The van der Waals surface area contributed by atoms with Gasteiger partial charge in [-0.2, -0.15) is 0 Å². The molecule has 0 amide bonds. The summed E-state index contributed by atoms with van der Waals surface area (Å²) in [6.45, 7) is 0. The number of hydrogen-bond acceptors (Lipinski definition) is 8. The van der Waals surface area contributed by atoms with Crippen LogP contribution in [0, 0.1) is 0 Å². The maximum Gasteiger partial charge on any atom is 0.164 e. The summed E-state index contributed by atoms with van der Waals surface area (Å²) in [6.07, 6.45) is 0. The molecule has 6 aromatic heterocycles. The van der Waals surface area contributed by atoms with Crippen molar-refractivity contribution in [2.45, 2.75) is 0 Å². The van der Waals surface area contributed by atoms with Crippen molar-refractivity contribution in [1.29, 1.82) is 0 Å². The number of nitrogens with zero attached hydrogens (tertiary/aromatic N) is 8. The van der Waals surface area contributed by atoms with Crippen molar-refractivity contribution >= 4 is 87.5 Å². The minimum Gasteiger partial charge on any atom is -0.455 e. The predicted molar refractivity (Wildman–Crippen MR) is 508 cm³/mol. The molecule has 0 atom stereocenters. The maximum absolute atomic E-state index is 6.80. The lowest BCUT2D eigenvalue weighted by atomic mass is 10.0. The van der Waals surface area contributed by atoms with Gasteiger partial charge in [-0.3, -0.25) is 0 Å². The zero-order valence-corrected chi connectivity index (χ0v) is 67.0. The Labute approximate surface area is 713 Å². The summed E-state index contributed by atoms with van der Waals surface area (Å²) in [4.78, 5) is 30.6. The molecule has 24 aromatic rings. The highest BCUT2D eigenvalue weighted by atomic mass is 16.3. The third-order valence-electron chi connectivity index (χ3n) is 23.7. The number of para-hydroxylation sites is 6. The van der Waals surface area contributed by atoms with Crippen LogP contribution in [-0.2, 0) is 0 Å². The Morgan fingerprint density at radius 2 is 0.403 bits per heavy atom. The van der Waals surface area contributed by atoms with Crippen LogP contribution in [0.2, 0.25) is 0 Å². The molecule has 124 heavy (non-hydrogen) atoms. The second-order valence-electron chi connectivity index (χ2n) is 31.2. The molecule has 0 saturated heterocycles. The number of furan rings is 2. The lowest BCUT2D eigenvalue weighted by Crippen LogP contribution is -2.00. The van der Waals surface area contributed by atoms with Crippen molar-refractivity contribution in [3.8, 4) is 146 Å². The molecule has 0 saturated carbocycles. The van der Waals surface area contributed by atoms with Gasteiger partial charge in [-0.25, -0.2) is 29.9 Å². The first kappa shape index (κ1) is 72.4. The van der Waals surface area contributed by atoms with Gasteiger partial charge in [-0.1, -0.05) is 364 Å². The first-order valence-corrected chi connectivity index (χ1v) is 41.7. The van der Waals surface area contributed by atoms with Crippen molar-refractivity contribution in [2.75, 3.05) is 0 Å². The quantitative estimate of drug-likeness (QED) is 0.106. The summed E-state index contributed by atoms with van der Waals surface area (Å²) < 4.78 is 18.3. The normalized spacial score (nSPS) is 11.5. The van der Waals surface area contributed by atoms with Crippen LogP contribution in [0.5, 0.6) is 0 Å². The molecule has 0 bridgehead atoms. The van der Waals surface area contributed by atoms with Gasteiger partial charge in [0, 0.05) is 99.0 Å². The molecule has 0 N–H and O–H groups in total. The second kappa shape index (κ2) is 30.8. The first-order chi connectivity index (χ1) is 61.4. The fraction of sp³-hybridized carbons (Fsp3) is 0.